The van der Waals surface area contributed by atoms with Crippen molar-refractivity contribution in [3.8, 4) is 5.75 Å². The van der Waals surface area contributed by atoms with E-state index in [2.05, 4.69) is 6.58 Å². The van der Waals surface area contributed by atoms with Gasteiger partial charge in [0.25, 0.3) is 0 Å². The van der Waals surface area contributed by atoms with Gasteiger partial charge >= 0.3 is 5.97 Å². The molecule has 4 heteroatoms. The Labute approximate surface area is 99.8 Å². The highest BCUT2D eigenvalue weighted by molar-refractivity contribution is 5.78. The Bertz CT molecular complexity index is 410. The molecule has 17 heavy (non-hydrogen) atoms. The standard InChI is InChI=1S/C13H14O4/c1-3-8-16-13(14)12-11(17-12)9-4-6-10(15-2)7-5-9/h3-7,11-12H,1,8H2,2H3/t11-,12+/m0/s1. The molecule has 2 atom stereocenters. The van der Waals surface area contributed by atoms with Crippen molar-refractivity contribution in [2.24, 2.45) is 0 Å². The van der Waals surface area contributed by atoms with E-state index in [1.54, 1.807) is 7.11 Å². The first kappa shape index (κ1) is 11.7. The van der Waals surface area contributed by atoms with Gasteiger partial charge in [-0.2, -0.15) is 0 Å². The minimum absolute atomic E-state index is 0.196. The molecule has 1 aliphatic heterocycles. The number of benzene rings is 1. The van der Waals surface area contributed by atoms with Gasteiger partial charge in [0, 0.05) is 0 Å². The minimum Gasteiger partial charge on any atom is -0.497 e. The van der Waals surface area contributed by atoms with Crippen molar-refractivity contribution in [1.82, 2.24) is 0 Å². The van der Waals surface area contributed by atoms with E-state index in [0.29, 0.717) is 0 Å². The Kier molecular flexibility index (Phi) is 3.44. The first-order valence-corrected chi connectivity index (χ1v) is 5.33. The van der Waals surface area contributed by atoms with E-state index < -0.39 is 6.10 Å². The highest BCUT2D eigenvalue weighted by Gasteiger charge is 2.47. The van der Waals surface area contributed by atoms with Crippen LogP contribution in [0.2, 0.25) is 0 Å². The first-order valence-electron chi connectivity index (χ1n) is 5.33. The molecule has 1 fully saturated rings. The maximum atomic E-state index is 11.5. The Hall–Kier alpha value is -1.81. The van der Waals surface area contributed by atoms with E-state index in [-0.39, 0.29) is 18.7 Å². The molecule has 2 rings (SSSR count). The smallest absolute Gasteiger partial charge is 0.338 e. The van der Waals surface area contributed by atoms with Crippen molar-refractivity contribution in [3.05, 3.63) is 42.5 Å². The summed E-state index contributed by atoms with van der Waals surface area (Å²) in [7, 11) is 1.61. The maximum Gasteiger partial charge on any atom is 0.338 e. The molecule has 0 N–H and O–H groups in total. The van der Waals surface area contributed by atoms with E-state index in [1.807, 2.05) is 24.3 Å². The number of rotatable bonds is 5. The summed E-state index contributed by atoms with van der Waals surface area (Å²) in [6, 6.07) is 7.43. The van der Waals surface area contributed by atoms with Crippen LogP contribution in [0.25, 0.3) is 0 Å². The predicted octanol–water partition coefficient (Wildman–Crippen LogP) is 1.86. The van der Waals surface area contributed by atoms with Crippen LogP contribution in [0.4, 0.5) is 0 Å². The Morgan fingerprint density at radius 1 is 1.47 bits per heavy atom. The summed E-state index contributed by atoms with van der Waals surface area (Å²) in [6.07, 6.45) is 0.851. The number of carbonyl (C=O) groups is 1. The predicted molar refractivity (Wildman–Crippen MR) is 61.8 cm³/mol. The van der Waals surface area contributed by atoms with Gasteiger partial charge in [-0.15, -0.1) is 0 Å². The Morgan fingerprint density at radius 3 is 2.76 bits per heavy atom. The van der Waals surface area contributed by atoms with Crippen LogP contribution in [-0.4, -0.2) is 25.8 Å². The molecule has 0 radical (unpaired) electrons. The lowest BCUT2D eigenvalue weighted by atomic mass is 10.1. The van der Waals surface area contributed by atoms with Crippen LogP contribution >= 0.6 is 0 Å². The van der Waals surface area contributed by atoms with Crippen molar-refractivity contribution in [3.63, 3.8) is 0 Å². The third-order valence-corrected chi connectivity index (χ3v) is 2.51. The number of carbonyl (C=O) groups excluding carboxylic acids is 1. The van der Waals surface area contributed by atoms with Crippen LogP contribution in [0, 0.1) is 0 Å². The number of ether oxygens (including phenoxy) is 3. The highest BCUT2D eigenvalue weighted by Crippen LogP contribution is 2.39. The SMILES string of the molecule is C=CCOC(=O)[C@@H]1O[C@H]1c1ccc(OC)cc1. The second-order valence-corrected chi connectivity index (χ2v) is 3.67. The van der Waals surface area contributed by atoms with Gasteiger partial charge < -0.3 is 14.2 Å². The number of methoxy groups -OCH3 is 1. The topological polar surface area (TPSA) is 48.1 Å². The zero-order chi connectivity index (χ0) is 12.3. The van der Waals surface area contributed by atoms with Crippen LogP contribution < -0.4 is 4.74 Å². The molecular formula is C13H14O4. The quantitative estimate of drug-likeness (QED) is 0.443. The summed E-state index contributed by atoms with van der Waals surface area (Å²) in [4.78, 5) is 11.5. The number of hydrogen-bond donors (Lipinski definition) is 0. The number of esters is 1. The normalized spacial score (nSPS) is 21.7. The van der Waals surface area contributed by atoms with Crippen LogP contribution in [0.5, 0.6) is 5.75 Å². The highest BCUT2D eigenvalue weighted by atomic mass is 16.6. The van der Waals surface area contributed by atoms with Crippen molar-refractivity contribution in [2.45, 2.75) is 12.2 Å². The maximum absolute atomic E-state index is 11.5. The lowest BCUT2D eigenvalue weighted by Crippen LogP contribution is -2.12. The molecule has 1 saturated heterocycles. The lowest BCUT2D eigenvalue weighted by molar-refractivity contribution is -0.143. The average Bonchev–Trinajstić information content (AvgIpc) is 3.16. The van der Waals surface area contributed by atoms with Crippen LogP contribution in [0.15, 0.2) is 36.9 Å². The minimum atomic E-state index is -0.483. The third-order valence-electron chi connectivity index (χ3n) is 2.51. The molecule has 0 spiro atoms. The van der Waals surface area contributed by atoms with E-state index >= 15 is 0 Å². The molecule has 1 aromatic carbocycles. The summed E-state index contributed by atoms with van der Waals surface area (Å²) in [6.45, 7) is 3.69. The molecule has 1 aliphatic rings. The molecule has 0 bridgehead atoms. The van der Waals surface area contributed by atoms with Crippen molar-refractivity contribution in [2.75, 3.05) is 13.7 Å². The summed E-state index contributed by atoms with van der Waals surface area (Å²) in [5.74, 6) is 0.436. The van der Waals surface area contributed by atoms with Gasteiger partial charge in [-0.25, -0.2) is 4.79 Å². The molecule has 90 valence electrons. The molecule has 0 aliphatic carbocycles. The van der Waals surface area contributed by atoms with Gasteiger partial charge in [0.05, 0.1) is 7.11 Å². The van der Waals surface area contributed by atoms with Crippen LogP contribution in [-0.2, 0) is 14.3 Å². The monoisotopic (exact) mass is 234 g/mol. The summed E-state index contributed by atoms with van der Waals surface area (Å²) >= 11 is 0. The number of epoxide rings is 1. The summed E-state index contributed by atoms with van der Waals surface area (Å²) < 4.78 is 15.2. The molecule has 1 heterocycles. The Balaban J connectivity index is 1.93. The van der Waals surface area contributed by atoms with E-state index in [4.69, 9.17) is 14.2 Å². The van der Waals surface area contributed by atoms with Gasteiger partial charge in [0.2, 0.25) is 0 Å². The third kappa shape index (κ3) is 2.65. The van der Waals surface area contributed by atoms with E-state index in [1.165, 1.54) is 6.08 Å². The Morgan fingerprint density at radius 2 is 2.18 bits per heavy atom. The zero-order valence-corrected chi connectivity index (χ0v) is 9.59. The summed E-state index contributed by atoms with van der Waals surface area (Å²) in [5.41, 5.74) is 0.950. The van der Waals surface area contributed by atoms with Crippen molar-refractivity contribution in [1.29, 1.82) is 0 Å². The largest absolute Gasteiger partial charge is 0.497 e. The fourth-order valence-corrected chi connectivity index (χ4v) is 1.56. The van der Waals surface area contributed by atoms with Crippen molar-refractivity contribution >= 4 is 5.97 Å². The van der Waals surface area contributed by atoms with Crippen molar-refractivity contribution < 1.29 is 19.0 Å². The molecule has 0 aromatic heterocycles. The lowest BCUT2D eigenvalue weighted by Gasteiger charge is -2.00. The van der Waals surface area contributed by atoms with Crippen LogP contribution in [0.1, 0.15) is 11.7 Å². The fraction of sp³-hybridized carbons (Fsp3) is 0.308. The zero-order valence-electron chi connectivity index (χ0n) is 9.59. The fourth-order valence-electron chi connectivity index (χ4n) is 1.56. The summed E-state index contributed by atoms with van der Waals surface area (Å²) in [5, 5.41) is 0. The molecule has 0 saturated carbocycles. The molecule has 0 unspecified atom stereocenters. The second kappa shape index (κ2) is 5.01. The van der Waals surface area contributed by atoms with Gasteiger partial charge in [-0.1, -0.05) is 24.8 Å². The second-order valence-electron chi connectivity index (χ2n) is 3.67. The molecule has 4 nitrogen and oxygen atoms in total. The van der Waals surface area contributed by atoms with Gasteiger partial charge in [0.1, 0.15) is 18.5 Å². The van der Waals surface area contributed by atoms with E-state index in [0.717, 1.165) is 11.3 Å². The molecular weight excluding hydrogens is 220 g/mol. The van der Waals surface area contributed by atoms with Gasteiger partial charge in [-0.3, -0.25) is 0 Å². The van der Waals surface area contributed by atoms with Gasteiger partial charge in [-0.05, 0) is 17.7 Å². The number of hydrogen-bond acceptors (Lipinski definition) is 4. The first-order chi connectivity index (χ1) is 8.26. The van der Waals surface area contributed by atoms with E-state index in [9.17, 15) is 4.79 Å². The molecule has 0 amide bonds. The van der Waals surface area contributed by atoms with Gasteiger partial charge in [0.15, 0.2) is 6.10 Å². The van der Waals surface area contributed by atoms with Crippen LogP contribution in [0.3, 0.4) is 0 Å². The average molecular weight is 234 g/mol. The molecule has 1 aromatic rings.